The Bertz CT molecular complexity index is 3190. The summed E-state index contributed by atoms with van der Waals surface area (Å²) in [6.07, 6.45) is 0. The molecule has 2 nitrogen and oxygen atoms in total. The molecule has 11 rings (SSSR count). The maximum Gasteiger partial charge on any atom is 0.135 e. The number of rotatable bonds is 5. The molecular formula is C50H31NOS. The third-order valence-electron chi connectivity index (χ3n) is 10.7. The summed E-state index contributed by atoms with van der Waals surface area (Å²) in [5.74, 6) is 0. The van der Waals surface area contributed by atoms with E-state index in [4.69, 9.17) is 4.42 Å². The summed E-state index contributed by atoms with van der Waals surface area (Å²) in [6, 6.07) is 68.0. The molecule has 0 fully saturated rings. The fourth-order valence-electron chi connectivity index (χ4n) is 8.17. The molecule has 2 heterocycles. The average molecular weight is 694 g/mol. The lowest BCUT2D eigenvalue weighted by Crippen LogP contribution is -2.10. The minimum Gasteiger partial charge on any atom is -0.456 e. The van der Waals surface area contributed by atoms with Crippen molar-refractivity contribution in [2.24, 2.45) is 0 Å². The van der Waals surface area contributed by atoms with Crippen LogP contribution in [0.3, 0.4) is 0 Å². The van der Waals surface area contributed by atoms with Crippen LogP contribution in [0.2, 0.25) is 0 Å². The van der Waals surface area contributed by atoms with E-state index < -0.39 is 0 Å². The van der Waals surface area contributed by atoms with E-state index in [0.717, 1.165) is 39.0 Å². The summed E-state index contributed by atoms with van der Waals surface area (Å²) in [4.78, 5) is 2.47. The van der Waals surface area contributed by atoms with Crippen molar-refractivity contribution in [3.05, 3.63) is 188 Å². The van der Waals surface area contributed by atoms with Crippen molar-refractivity contribution in [1.29, 1.82) is 0 Å². The van der Waals surface area contributed by atoms with Gasteiger partial charge < -0.3 is 9.32 Å². The van der Waals surface area contributed by atoms with Gasteiger partial charge in [-0.15, -0.1) is 11.3 Å². The zero-order valence-corrected chi connectivity index (χ0v) is 29.5. The Morgan fingerprint density at radius 3 is 1.94 bits per heavy atom. The summed E-state index contributed by atoms with van der Waals surface area (Å²) in [5.41, 5.74) is 10.1. The summed E-state index contributed by atoms with van der Waals surface area (Å²) < 4.78 is 8.87. The molecule has 11 aromatic rings. The lowest BCUT2D eigenvalue weighted by atomic mass is 9.94. The zero-order chi connectivity index (χ0) is 34.9. The van der Waals surface area contributed by atoms with Crippen molar-refractivity contribution in [1.82, 2.24) is 0 Å². The van der Waals surface area contributed by atoms with Crippen LogP contribution in [0.15, 0.2) is 192 Å². The van der Waals surface area contributed by atoms with Crippen molar-refractivity contribution >= 4 is 92.1 Å². The molecule has 0 unspecified atom stereocenters. The highest BCUT2D eigenvalue weighted by Crippen LogP contribution is 2.49. The van der Waals surface area contributed by atoms with Crippen LogP contribution in [0.25, 0.3) is 85.9 Å². The van der Waals surface area contributed by atoms with Crippen molar-refractivity contribution in [3.8, 4) is 22.3 Å². The SMILES string of the molecule is c1ccc(-c2cccc3c2sc2c(N(c4ccc5oc6ccccc6c5c4)c4ccc(-c5ccc6ccccc6c5)c5ccccc45)cccc23)cc1. The monoisotopic (exact) mass is 693 g/mol. The standard InChI is InChI=1S/C50H31NOS/c1-2-13-33(14-3-1)38-19-10-20-42-43-21-11-22-46(50(43)53-49(38)42)51(36-26-29-48-44(31-36)41-18-8-9-23-47(41)52-48)45-28-27-37(39-16-6-7-17-40(39)45)35-25-24-32-12-4-5-15-34(32)30-35/h1-31H. The summed E-state index contributed by atoms with van der Waals surface area (Å²) in [5, 5.41) is 9.67. The zero-order valence-electron chi connectivity index (χ0n) is 28.7. The maximum atomic E-state index is 6.31. The minimum absolute atomic E-state index is 0.888. The summed E-state index contributed by atoms with van der Waals surface area (Å²) in [7, 11) is 0. The molecule has 0 aliphatic rings. The molecule has 0 atom stereocenters. The molecule has 0 saturated heterocycles. The smallest absolute Gasteiger partial charge is 0.135 e. The minimum atomic E-state index is 0.888. The fraction of sp³-hybridized carbons (Fsp3) is 0. The Morgan fingerprint density at radius 1 is 0.358 bits per heavy atom. The first kappa shape index (κ1) is 30.0. The van der Waals surface area contributed by atoms with E-state index in [2.05, 4.69) is 181 Å². The molecule has 0 aliphatic carbocycles. The predicted octanol–water partition coefficient (Wildman–Crippen LogP) is 15.1. The van der Waals surface area contributed by atoms with E-state index in [9.17, 15) is 0 Å². The van der Waals surface area contributed by atoms with Gasteiger partial charge in [-0.05, 0) is 80.9 Å². The van der Waals surface area contributed by atoms with Crippen LogP contribution < -0.4 is 4.90 Å². The summed E-state index contributed by atoms with van der Waals surface area (Å²) in [6.45, 7) is 0. The molecule has 0 radical (unpaired) electrons. The highest BCUT2D eigenvalue weighted by molar-refractivity contribution is 7.27. The molecule has 9 aromatic carbocycles. The van der Waals surface area contributed by atoms with Gasteiger partial charge >= 0.3 is 0 Å². The molecule has 53 heavy (non-hydrogen) atoms. The van der Waals surface area contributed by atoms with Crippen LogP contribution in [0, 0.1) is 0 Å². The number of benzene rings is 9. The van der Waals surface area contributed by atoms with Crippen molar-refractivity contribution in [2.75, 3.05) is 4.90 Å². The van der Waals surface area contributed by atoms with Gasteiger partial charge in [-0.2, -0.15) is 0 Å². The fourth-order valence-corrected chi connectivity index (χ4v) is 9.51. The van der Waals surface area contributed by atoms with Gasteiger partial charge in [-0.25, -0.2) is 0 Å². The third kappa shape index (κ3) is 4.78. The topological polar surface area (TPSA) is 16.4 Å². The maximum absolute atomic E-state index is 6.31. The lowest BCUT2D eigenvalue weighted by Gasteiger charge is -2.28. The van der Waals surface area contributed by atoms with Gasteiger partial charge in [-0.1, -0.05) is 146 Å². The molecule has 0 saturated carbocycles. The molecule has 0 spiro atoms. The van der Waals surface area contributed by atoms with Gasteiger partial charge in [0.15, 0.2) is 0 Å². The van der Waals surface area contributed by atoms with Crippen molar-refractivity contribution in [2.45, 2.75) is 0 Å². The van der Waals surface area contributed by atoms with Gasteiger partial charge in [0.25, 0.3) is 0 Å². The normalized spacial score (nSPS) is 11.8. The molecule has 3 heteroatoms. The van der Waals surface area contributed by atoms with E-state index in [-0.39, 0.29) is 0 Å². The number of hydrogen-bond donors (Lipinski definition) is 0. The Balaban J connectivity index is 1.19. The van der Waals surface area contributed by atoms with Crippen molar-refractivity contribution in [3.63, 3.8) is 0 Å². The number of furan rings is 1. The first-order chi connectivity index (χ1) is 26.3. The van der Waals surface area contributed by atoms with Gasteiger partial charge in [0.1, 0.15) is 11.2 Å². The van der Waals surface area contributed by atoms with E-state index >= 15 is 0 Å². The highest BCUT2D eigenvalue weighted by Gasteiger charge is 2.23. The number of anilines is 3. The number of para-hydroxylation sites is 1. The van der Waals surface area contributed by atoms with Crippen LogP contribution in [0.1, 0.15) is 0 Å². The van der Waals surface area contributed by atoms with Crippen molar-refractivity contribution < 1.29 is 4.42 Å². The second-order valence-corrected chi connectivity index (χ2v) is 14.7. The van der Waals surface area contributed by atoms with Gasteiger partial charge in [-0.3, -0.25) is 0 Å². The first-order valence-electron chi connectivity index (χ1n) is 18.0. The number of nitrogens with zero attached hydrogens (tertiary/aromatic N) is 1. The van der Waals surface area contributed by atoms with E-state index in [1.54, 1.807) is 0 Å². The van der Waals surface area contributed by atoms with Crippen LogP contribution >= 0.6 is 11.3 Å². The Hall–Kier alpha value is -6.68. The second-order valence-electron chi connectivity index (χ2n) is 13.7. The number of fused-ring (bicyclic) bond motifs is 8. The highest BCUT2D eigenvalue weighted by atomic mass is 32.1. The predicted molar refractivity (Wildman–Crippen MR) is 227 cm³/mol. The van der Waals surface area contributed by atoms with Crippen LogP contribution in [0.5, 0.6) is 0 Å². The van der Waals surface area contributed by atoms with Crippen LogP contribution in [-0.2, 0) is 0 Å². The van der Waals surface area contributed by atoms with Crippen LogP contribution in [0.4, 0.5) is 17.1 Å². The summed E-state index contributed by atoms with van der Waals surface area (Å²) >= 11 is 1.88. The molecule has 0 amide bonds. The van der Waals surface area contributed by atoms with E-state index in [1.807, 2.05) is 23.5 Å². The Kier molecular flexibility index (Phi) is 6.76. The van der Waals surface area contributed by atoms with Gasteiger partial charge in [0.05, 0.1) is 16.1 Å². The Labute approximate surface area is 310 Å². The second kappa shape index (κ2) is 11.9. The van der Waals surface area contributed by atoms with Gasteiger partial charge in [0, 0.05) is 37.3 Å². The molecule has 2 aromatic heterocycles. The largest absolute Gasteiger partial charge is 0.456 e. The number of hydrogen-bond acceptors (Lipinski definition) is 3. The lowest BCUT2D eigenvalue weighted by molar-refractivity contribution is 0.669. The quantitative estimate of drug-likeness (QED) is 0.178. The Morgan fingerprint density at radius 2 is 1.06 bits per heavy atom. The molecule has 0 bridgehead atoms. The van der Waals surface area contributed by atoms with Crippen LogP contribution in [-0.4, -0.2) is 0 Å². The molecule has 0 aliphatic heterocycles. The van der Waals surface area contributed by atoms with E-state index in [1.165, 1.54) is 64.0 Å². The van der Waals surface area contributed by atoms with E-state index in [0.29, 0.717) is 0 Å². The third-order valence-corrected chi connectivity index (χ3v) is 11.9. The first-order valence-corrected chi connectivity index (χ1v) is 18.8. The average Bonchev–Trinajstić information content (AvgIpc) is 3.80. The molecule has 0 N–H and O–H groups in total. The molecular weight excluding hydrogens is 663 g/mol. The van der Waals surface area contributed by atoms with Gasteiger partial charge in [0.2, 0.25) is 0 Å². The number of thiophene rings is 1. The molecule has 248 valence electrons.